The molecule has 1 aliphatic carbocycles. The minimum Gasteiger partial charge on any atom is -0.319 e. The predicted molar refractivity (Wildman–Crippen MR) is 249 cm³/mol. The van der Waals surface area contributed by atoms with Crippen LogP contribution in [-0.2, 0) is 26.5 Å². The van der Waals surface area contributed by atoms with Crippen molar-refractivity contribution in [1.82, 2.24) is 18.7 Å². The van der Waals surface area contributed by atoms with Crippen molar-refractivity contribution >= 4 is 32.8 Å². The molecule has 1 aliphatic rings. The first-order valence-corrected chi connectivity index (χ1v) is 20.9. The largest absolute Gasteiger partial charge is 0.319 e. The van der Waals surface area contributed by atoms with Gasteiger partial charge in [-0.1, -0.05) is 121 Å². The second kappa shape index (κ2) is 14.8. The van der Waals surface area contributed by atoms with Crippen LogP contribution >= 0.6 is 0 Å². The van der Waals surface area contributed by atoms with Gasteiger partial charge in [-0.3, -0.25) is 0 Å². The maximum absolute atomic E-state index is 5.07. The fourth-order valence-corrected chi connectivity index (χ4v) is 10.2. The van der Waals surface area contributed by atoms with Crippen molar-refractivity contribution in [2.75, 3.05) is 0 Å². The molecule has 62 heavy (non-hydrogen) atoms. The molecule has 0 fully saturated rings. The molecule has 0 amide bonds. The molecule has 0 atom stereocenters. The van der Waals surface area contributed by atoms with E-state index < -0.39 is 5.41 Å². The fraction of sp³-hybridized carbons (Fsp3) is 0.0526. The molecule has 4 nitrogen and oxygen atoms in total. The Labute approximate surface area is 375 Å². The minimum absolute atomic E-state index is 0. The van der Waals surface area contributed by atoms with E-state index in [4.69, 9.17) is 4.98 Å². The van der Waals surface area contributed by atoms with E-state index in [1.54, 1.807) is 0 Å². The maximum Gasteiger partial charge on any atom is 0.168 e. The summed E-state index contributed by atoms with van der Waals surface area (Å²) in [5.41, 5.74) is 17.5. The van der Waals surface area contributed by atoms with Gasteiger partial charge in [-0.15, -0.1) is 28.6 Å². The van der Waals surface area contributed by atoms with Crippen molar-refractivity contribution in [2.24, 2.45) is 0 Å². The van der Waals surface area contributed by atoms with Gasteiger partial charge in [-0.05, 0) is 94.1 Å². The molecule has 0 saturated heterocycles. The molecule has 298 valence electrons. The normalized spacial score (nSPS) is 12.7. The van der Waals surface area contributed by atoms with Crippen molar-refractivity contribution < 1.29 is 21.1 Å². The molecule has 0 radical (unpaired) electrons. The van der Waals surface area contributed by atoms with E-state index in [0.717, 1.165) is 61.3 Å². The van der Waals surface area contributed by atoms with Crippen molar-refractivity contribution in [1.29, 1.82) is 0 Å². The number of imidazole rings is 1. The average Bonchev–Trinajstić information content (AvgIpc) is 3.96. The first kappa shape index (κ1) is 37.8. The van der Waals surface area contributed by atoms with Crippen LogP contribution in [0.1, 0.15) is 33.4 Å². The summed E-state index contributed by atoms with van der Waals surface area (Å²) in [5, 5.41) is 2.30. The zero-order valence-electron chi connectivity index (χ0n) is 34.2. The summed E-state index contributed by atoms with van der Waals surface area (Å²) in [6.45, 7) is 4.37. The van der Waals surface area contributed by atoms with Crippen LogP contribution in [0.15, 0.2) is 201 Å². The summed E-state index contributed by atoms with van der Waals surface area (Å²) < 4.78 is 6.84. The second-order valence-corrected chi connectivity index (χ2v) is 16.1. The van der Waals surface area contributed by atoms with Crippen LogP contribution in [0.3, 0.4) is 0 Å². The molecular weight excluding hydrogens is 936 g/mol. The summed E-state index contributed by atoms with van der Waals surface area (Å²) in [7, 11) is 0. The van der Waals surface area contributed by atoms with E-state index in [1.165, 1.54) is 44.3 Å². The van der Waals surface area contributed by atoms with Gasteiger partial charge in [0.2, 0.25) is 0 Å². The SMILES string of the molecule is Cc1cccc(C)c1-c1ccnc(-n2c3[c-]c(C4(c5[c-]c(-n6[cH+]n(-c7ccccc7)c7ccccc76)ccc5)c5ccccc5-c5ccccc54)ccc3c3ccccc32)c1.[Pt]. The van der Waals surface area contributed by atoms with Gasteiger partial charge in [0.05, 0.1) is 0 Å². The molecule has 3 heterocycles. The molecule has 0 bridgehead atoms. The summed E-state index contributed by atoms with van der Waals surface area (Å²) in [5.74, 6) is 0.862. The van der Waals surface area contributed by atoms with Gasteiger partial charge >= 0.3 is 0 Å². The average molecular weight is 975 g/mol. The molecule has 11 aromatic rings. The van der Waals surface area contributed by atoms with E-state index in [2.05, 4.69) is 234 Å². The molecule has 8 aromatic carbocycles. The van der Waals surface area contributed by atoms with Crippen LogP contribution in [-0.4, -0.2) is 18.7 Å². The number of hydrogen-bond donors (Lipinski definition) is 0. The molecule has 0 unspecified atom stereocenters. The third-order valence-corrected chi connectivity index (χ3v) is 12.8. The number of hydrogen-bond acceptors (Lipinski definition) is 1. The van der Waals surface area contributed by atoms with E-state index in [-0.39, 0.29) is 21.1 Å². The molecule has 3 aromatic heterocycles. The number of nitrogens with zero attached hydrogens (tertiary/aromatic N) is 4. The Balaban J connectivity index is 0.00000432. The van der Waals surface area contributed by atoms with E-state index in [0.29, 0.717) is 0 Å². The van der Waals surface area contributed by atoms with Gasteiger partial charge < -0.3 is 4.57 Å². The first-order valence-electron chi connectivity index (χ1n) is 20.9. The van der Waals surface area contributed by atoms with Gasteiger partial charge in [0, 0.05) is 56.0 Å². The topological polar surface area (TPSA) is 27.7 Å². The zero-order chi connectivity index (χ0) is 40.7. The summed E-state index contributed by atoms with van der Waals surface area (Å²) in [4.78, 5) is 5.07. The minimum atomic E-state index is -0.732. The molecule has 5 heteroatoms. The Morgan fingerprint density at radius 1 is 0.516 bits per heavy atom. The van der Waals surface area contributed by atoms with Crippen LogP contribution in [0.25, 0.3) is 72.3 Å². The Hall–Kier alpha value is -7.13. The second-order valence-electron chi connectivity index (χ2n) is 16.1. The van der Waals surface area contributed by atoms with Crippen LogP contribution in [0.2, 0.25) is 0 Å². The molecule has 0 aliphatic heterocycles. The number of rotatable bonds is 6. The monoisotopic (exact) mass is 974 g/mol. The Morgan fingerprint density at radius 3 is 1.87 bits per heavy atom. The Morgan fingerprint density at radius 2 is 1.13 bits per heavy atom. The van der Waals surface area contributed by atoms with Crippen LogP contribution < -0.4 is 0 Å². The quantitative estimate of drug-likeness (QED) is 0.153. The Bertz CT molecular complexity index is 3460. The van der Waals surface area contributed by atoms with Crippen LogP contribution in [0.5, 0.6) is 0 Å². The van der Waals surface area contributed by atoms with Crippen molar-refractivity contribution in [3.8, 4) is 39.4 Å². The van der Waals surface area contributed by atoms with Gasteiger partial charge in [0.1, 0.15) is 11.5 Å². The predicted octanol–water partition coefficient (Wildman–Crippen LogP) is 13.4. The first-order chi connectivity index (χ1) is 30.1. The van der Waals surface area contributed by atoms with Gasteiger partial charge in [0.25, 0.3) is 0 Å². The molecule has 0 spiro atoms. The third kappa shape index (κ3) is 5.57. The zero-order valence-corrected chi connectivity index (χ0v) is 36.4. The molecule has 12 rings (SSSR count). The number of para-hydroxylation sites is 4. The van der Waals surface area contributed by atoms with Crippen molar-refractivity contribution in [3.05, 3.63) is 246 Å². The summed E-state index contributed by atoms with van der Waals surface area (Å²) in [6.07, 6.45) is 4.13. The molecule has 0 saturated carbocycles. The van der Waals surface area contributed by atoms with E-state index in [1.807, 2.05) is 6.20 Å². The van der Waals surface area contributed by atoms with Crippen molar-refractivity contribution in [2.45, 2.75) is 19.3 Å². The number of pyridine rings is 1. The number of aryl methyl sites for hydroxylation is 2. The molecular formula is C57H39N4Pt-. The van der Waals surface area contributed by atoms with Gasteiger partial charge in [-0.25, -0.2) is 9.55 Å². The fourth-order valence-electron chi connectivity index (χ4n) is 10.2. The Kier molecular flexibility index (Phi) is 9.03. The maximum atomic E-state index is 5.07. The van der Waals surface area contributed by atoms with Crippen LogP contribution in [0.4, 0.5) is 0 Å². The van der Waals surface area contributed by atoms with Crippen molar-refractivity contribution in [3.63, 3.8) is 0 Å². The van der Waals surface area contributed by atoms with E-state index in [9.17, 15) is 0 Å². The molecule has 0 N–H and O–H groups in total. The standard InChI is InChI=1S/C57H39N4.Pt/c1-38-16-14-17-39(2)56(38)40-32-33-58-55(34-40)61-51-27-11-8-24-47(51)48-31-30-42(36-54(48)61)57(49-25-9-6-22-45(49)46-23-7-10-26-50(46)57)41-18-15-21-44(35-41)60-37-59(43-19-4-3-5-20-43)52-28-12-13-29-53(52)60;/h3-34,37H,1-2H3;/q-1;. The van der Waals surface area contributed by atoms with Crippen LogP contribution in [0, 0.1) is 26.0 Å². The number of benzene rings is 8. The third-order valence-electron chi connectivity index (χ3n) is 12.8. The summed E-state index contributed by atoms with van der Waals surface area (Å²) in [6, 6.07) is 75.8. The van der Waals surface area contributed by atoms with E-state index >= 15 is 0 Å². The smallest absolute Gasteiger partial charge is 0.168 e. The number of aromatic nitrogens is 4. The van der Waals surface area contributed by atoms with Gasteiger partial charge in [0.15, 0.2) is 17.4 Å². The van der Waals surface area contributed by atoms with Gasteiger partial charge in [-0.2, -0.15) is 34.9 Å². The number of fused-ring (bicyclic) bond motifs is 7. The summed E-state index contributed by atoms with van der Waals surface area (Å²) >= 11 is 0.